The molecule has 0 aromatic carbocycles. The number of amides is 1. The van der Waals surface area contributed by atoms with E-state index < -0.39 is 12.0 Å². The Hall–Kier alpha value is -1.36. The molecule has 2 unspecified atom stereocenters. The molecule has 2 atom stereocenters. The van der Waals surface area contributed by atoms with E-state index >= 15 is 0 Å². The van der Waals surface area contributed by atoms with Crippen LogP contribution in [0.5, 0.6) is 0 Å². The van der Waals surface area contributed by atoms with Crippen LogP contribution in [0.3, 0.4) is 0 Å². The van der Waals surface area contributed by atoms with Crippen molar-refractivity contribution in [3.63, 3.8) is 0 Å². The Labute approximate surface area is 110 Å². The molecule has 1 N–H and O–H groups in total. The normalized spacial score (nSPS) is 23.9. The molecule has 2 heterocycles. The van der Waals surface area contributed by atoms with Gasteiger partial charge >= 0.3 is 5.97 Å². The summed E-state index contributed by atoms with van der Waals surface area (Å²) in [6.07, 6.45) is 1.76. The van der Waals surface area contributed by atoms with Crippen molar-refractivity contribution in [3.8, 4) is 0 Å². The highest BCUT2D eigenvalue weighted by Crippen LogP contribution is 2.23. The Balaban J connectivity index is 2.05. The smallest absolute Gasteiger partial charge is 0.326 e. The number of carboxylic acids is 1. The quantitative estimate of drug-likeness (QED) is 0.911. The molecule has 0 saturated carbocycles. The van der Waals surface area contributed by atoms with Gasteiger partial charge in [0, 0.05) is 6.54 Å². The largest absolute Gasteiger partial charge is 0.480 e. The fourth-order valence-electron chi connectivity index (χ4n) is 2.34. The Morgan fingerprint density at radius 3 is 2.94 bits per heavy atom. The molecule has 1 aromatic heterocycles. The van der Waals surface area contributed by atoms with Crippen molar-refractivity contribution < 1.29 is 14.7 Å². The van der Waals surface area contributed by atoms with E-state index in [2.05, 4.69) is 0 Å². The molecule has 1 amide bonds. The third kappa shape index (κ3) is 2.90. The van der Waals surface area contributed by atoms with Gasteiger partial charge in [0.25, 0.3) is 0 Å². The van der Waals surface area contributed by atoms with Crippen LogP contribution >= 0.6 is 11.3 Å². The summed E-state index contributed by atoms with van der Waals surface area (Å²) in [5.41, 5.74) is 0.966. The molecular weight excluding hydrogens is 250 g/mol. The van der Waals surface area contributed by atoms with Gasteiger partial charge in [0.15, 0.2) is 0 Å². The molecule has 1 aliphatic rings. The van der Waals surface area contributed by atoms with Crippen LogP contribution < -0.4 is 0 Å². The molecular formula is C13H17NO3S. The monoisotopic (exact) mass is 267 g/mol. The highest BCUT2D eigenvalue weighted by Gasteiger charge is 2.34. The zero-order valence-corrected chi connectivity index (χ0v) is 11.2. The first-order chi connectivity index (χ1) is 8.58. The molecule has 0 bridgehead atoms. The van der Waals surface area contributed by atoms with Gasteiger partial charge in [-0.05, 0) is 41.1 Å². The number of hydrogen-bond acceptors (Lipinski definition) is 3. The summed E-state index contributed by atoms with van der Waals surface area (Å²) >= 11 is 1.55. The van der Waals surface area contributed by atoms with E-state index in [-0.39, 0.29) is 5.91 Å². The van der Waals surface area contributed by atoms with E-state index in [1.165, 1.54) is 4.90 Å². The zero-order valence-electron chi connectivity index (χ0n) is 10.3. The van der Waals surface area contributed by atoms with Crippen LogP contribution in [0.2, 0.25) is 0 Å². The molecule has 0 radical (unpaired) electrons. The average molecular weight is 267 g/mol. The first-order valence-corrected chi connectivity index (χ1v) is 7.05. The molecule has 1 aliphatic heterocycles. The number of aliphatic carboxylic acids is 1. The van der Waals surface area contributed by atoms with Gasteiger partial charge in [-0.15, -0.1) is 0 Å². The van der Waals surface area contributed by atoms with E-state index in [1.54, 1.807) is 11.3 Å². The molecule has 98 valence electrons. The lowest BCUT2D eigenvalue weighted by atomic mass is 9.92. The van der Waals surface area contributed by atoms with Crippen molar-refractivity contribution >= 4 is 23.2 Å². The number of thiophene rings is 1. The van der Waals surface area contributed by atoms with E-state index in [4.69, 9.17) is 0 Å². The standard InChI is InChI=1S/C13H17NO3S/c1-9-2-4-14(11(6-9)13(16)17)12(15)7-10-3-5-18-8-10/h3,5,8-9,11H,2,4,6-7H2,1H3,(H,16,17). The molecule has 1 fully saturated rings. The molecule has 5 heteroatoms. The summed E-state index contributed by atoms with van der Waals surface area (Å²) in [5, 5.41) is 13.1. The lowest BCUT2D eigenvalue weighted by Gasteiger charge is -2.36. The van der Waals surface area contributed by atoms with Crippen molar-refractivity contribution in [3.05, 3.63) is 22.4 Å². The SMILES string of the molecule is CC1CCN(C(=O)Cc2ccsc2)C(C(=O)O)C1. The minimum Gasteiger partial charge on any atom is -0.480 e. The predicted molar refractivity (Wildman–Crippen MR) is 69.6 cm³/mol. The van der Waals surface area contributed by atoms with Gasteiger partial charge in [0.05, 0.1) is 6.42 Å². The van der Waals surface area contributed by atoms with Gasteiger partial charge in [-0.2, -0.15) is 11.3 Å². The van der Waals surface area contributed by atoms with Crippen molar-refractivity contribution in [1.29, 1.82) is 0 Å². The first kappa shape index (κ1) is 13.1. The number of hydrogen-bond donors (Lipinski definition) is 1. The average Bonchev–Trinajstić information content (AvgIpc) is 2.81. The number of rotatable bonds is 3. The first-order valence-electron chi connectivity index (χ1n) is 6.11. The molecule has 2 rings (SSSR count). The van der Waals surface area contributed by atoms with Crippen LogP contribution in [-0.4, -0.2) is 34.5 Å². The number of carbonyl (C=O) groups is 2. The molecule has 1 saturated heterocycles. The number of piperidine rings is 1. The van der Waals surface area contributed by atoms with Crippen molar-refractivity contribution in [2.45, 2.75) is 32.2 Å². The zero-order chi connectivity index (χ0) is 13.1. The van der Waals surface area contributed by atoms with Crippen LogP contribution in [-0.2, 0) is 16.0 Å². The second kappa shape index (κ2) is 5.52. The van der Waals surface area contributed by atoms with Gasteiger partial charge < -0.3 is 10.0 Å². The fraction of sp³-hybridized carbons (Fsp3) is 0.538. The summed E-state index contributed by atoms with van der Waals surface area (Å²) in [4.78, 5) is 24.9. The maximum atomic E-state index is 12.2. The van der Waals surface area contributed by atoms with Crippen molar-refractivity contribution in [2.24, 2.45) is 5.92 Å². The second-order valence-electron chi connectivity index (χ2n) is 4.88. The van der Waals surface area contributed by atoms with Gasteiger partial charge in [0.1, 0.15) is 6.04 Å². The summed E-state index contributed by atoms with van der Waals surface area (Å²) in [7, 11) is 0. The van der Waals surface area contributed by atoms with E-state index in [0.717, 1.165) is 12.0 Å². The summed E-state index contributed by atoms with van der Waals surface area (Å²) in [6, 6.07) is 1.25. The minimum atomic E-state index is -0.889. The van der Waals surface area contributed by atoms with Gasteiger partial charge in [0.2, 0.25) is 5.91 Å². The third-order valence-corrected chi connectivity index (χ3v) is 4.14. The van der Waals surface area contributed by atoms with Crippen molar-refractivity contribution in [1.82, 2.24) is 4.90 Å². The Morgan fingerprint density at radius 1 is 1.56 bits per heavy atom. The van der Waals surface area contributed by atoms with Crippen LogP contribution in [0, 0.1) is 5.92 Å². The second-order valence-corrected chi connectivity index (χ2v) is 5.66. The van der Waals surface area contributed by atoms with E-state index in [1.807, 2.05) is 23.8 Å². The van der Waals surface area contributed by atoms with Gasteiger partial charge in [-0.25, -0.2) is 4.79 Å². The summed E-state index contributed by atoms with van der Waals surface area (Å²) < 4.78 is 0. The number of carboxylic acid groups (broad SMARTS) is 1. The van der Waals surface area contributed by atoms with Crippen LogP contribution in [0.25, 0.3) is 0 Å². The maximum absolute atomic E-state index is 12.2. The Morgan fingerprint density at radius 2 is 2.33 bits per heavy atom. The summed E-state index contributed by atoms with van der Waals surface area (Å²) in [6.45, 7) is 2.59. The maximum Gasteiger partial charge on any atom is 0.326 e. The number of carbonyl (C=O) groups excluding carboxylic acids is 1. The van der Waals surface area contributed by atoms with Crippen molar-refractivity contribution in [2.75, 3.05) is 6.54 Å². The lowest BCUT2D eigenvalue weighted by molar-refractivity contribution is -0.152. The van der Waals surface area contributed by atoms with Gasteiger partial charge in [-0.1, -0.05) is 6.92 Å². The Kier molecular flexibility index (Phi) is 4.01. The number of likely N-dealkylation sites (tertiary alicyclic amines) is 1. The molecule has 1 aromatic rings. The molecule has 4 nitrogen and oxygen atoms in total. The molecule has 18 heavy (non-hydrogen) atoms. The molecule has 0 aliphatic carbocycles. The lowest BCUT2D eigenvalue weighted by Crippen LogP contribution is -2.50. The Bertz CT molecular complexity index is 429. The minimum absolute atomic E-state index is 0.0762. The van der Waals surface area contributed by atoms with Crippen LogP contribution in [0.15, 0.2) is 16.8 Å². The highest BCUT2D eigenvalue weighted by atomic mass is 32.1. The van der Waals surface area contributed by atoms with E-state index in [0.29, 0.717) is 25.3 Å². The van der Waals surface area contributed by atoms with Crippen LogP contribution in [0.1, 0.15) is 25.3 Å². The van der Waals surface area contributed by atoms with Crippen LogP contribution in [0.4, 0.5) is 0 Å². The summed E-state index contributed by atoms with van der Waals surface area (Å²) in [5.74, 6) is -0.593. The molecule has 0 spiro atoms. The number of nitrogens with zero attached hydrogens (tertiary/aromatic N) is 1. The topological polar surface area (TPSA) is 57.6 Å². The highest BCUT2D eigenvalue weighted by molar-refractivity contribution is 7.07. The van der Waals surface area contributed by atoms with E-state index in [9.17, 15) is 14.7 Å². The van der Waals surface area contributed by atoms with Gasteiger partial charge in [-0.3, -0.25) is 4.79 Å². The fourth-order valence-corrected chi connectivity index (χ4v) is 3.01. The third-order valence-electron chi connectivity index (χ3n) is 3.41. The predicted octanol–water partition coefficient (Wildman–Crippen LogP) is 2.00.